The average molecular weight is 334 g/mol. The van der Waals surface area contributed by atoms with Crippen LogP contribution in [0.4, 0.5) is 0 Å². The molecule has 0 bridgehead atoms. The van der Waals surface area contributed by atoms with E-state index in [1.54, 1.807) is 6.07 Å². The zero-order valence-corrected chi connectivity index (χ0v) is 13.5. The van der Waals surface area contributed by atoms with Crippen LogP contribution < -0.4 is 10.9 Å². The van der Waals surface area contributed by atoms with Gasteiger partial charge in [0.2, 0.25) is 5.91 Å². The summed E-state index contributed by atoms with van der Waals surface area (Å²) in [5.74, 6) is -0.724. The summed E-state index contributed by atoms with van der Waals surface area (Å²) in [7, 11) is 0. The minimum Gasteiger partial charge on any atom is -0.459 e. The number of hydrogen-bond donors (Lipinski definition) is 2. The van der Waals surface area contributed by atoms with Gasteiger partial charge in [-0.3, -0.25) is 20.4 Å². The highest BCUT2D eigenvalue weighted by molar-refractivity contribution is 5.92. The second-order valence-electron chi connectivity index (χ2n) is 5.56. The quantitative estimate of drug-likeness (QED) is 0.704. The summed E-state index contributed by atoms with van der Waals surface area (Å²) in [6.07, 6.45) is 1.62. The number of hydrogen-bond acceptors (Lipinski definition) is 3. The van der Waals surface area contributed by atoms with Gasteiger partial charge in [-0.05, 0) is 23.3 Å². The van der Waals surface area contributed by atoms with E-state index in [9.17, 15) is 9.59 Å². The number of carbonyl (C=O) groups excluding carboxylic acids is 2. The SMILES string of the molecule is O=C(CC(c1ccccc1)c1ccccc1)NNC(=O)c1ccco1. The number of benzene rings is 2. The Morgan fingerprint density at radius 1 is 0.800 bits per heavy atom. The summed E-state index contributed by atoms with van der Waals surface area (Å²) in [5, 5.41) is 0. The van der Waals surface area contributed by atoms with E-state index in [0.717, 1.165) is 11.1 Å². The van der Waals surface area contributed by atoms with Gasteiger partial charge in [0.15, 0.2) is 5.76 Å². The molecule has 25 heavy (non-hydrogen) atoms. The van der Waals surface area contributed by atoms with E-state index < -0.39 is 5.91 Å². The fourth-order valence-corrected chi connectivity index (χ4v) is 2.63. The first-order valence-corrected chi connectivity index (χ1v) is 7.96. The van der Waals surface area contributed by atoms with E-state index in [1.807, 2.05) is 60.7 Å². The highest BCUT2D eigenvalue weighted by Gasteiger charge is 2.18. The van der Waals surface area contributed by atoms with Gasteiger partial charge in [-0.1, -0.05) is 60.7 Å². The van der Waals surface area contributed by atoms with Crippen LogP contribution >= 0.6 is 0 Å². The molecule has 0 unspecified atom stereocenters. The van der Waals surface area contributed by atoms with Crippen LogP contribution in [0.3, 0.4) is 0 Å². The molecule has 0 aliphatic rings. The summed E-state index contributed by atoms with van der Waals surface area (Å²) in [4.78, 5) is 24.1. The van der Waals surface area contributed by atoms with Gasteiger partial charge in [0.25, 0.3) is 0 Å². The van der Waals surface area contributed by atoms with Gasteiger partial charge in [0.05, 0.1) is 6.26 Å². The molecule has 2 aromatic carbocycles. The number of nitrogens with one attached hydrogen (secondary N) is 2. The van der Waals surface area contributed by atoms with E-state index in [0.29, 0.717) is 0 Å². The molecule has 3 aromatic rings. The van der Waals surface area contributed by atoms with Crippen LogP contribution in [0.2, 0.25) is 0 Å². The normalized spacial score (nSPS) is 10.4. The molecule has 0 aliphatic carbocycles. The molecule has 126 valence electrons. The predicted molar refractivity (Wildman–Crippen MR) is 93.7 cm³/mol. The van der Waals surface area contributed by atoms with Crippen LogP contribution in [-0.2, 0) is 4.79 Å². The summed E-state index contributed by atoms with van der Waals surface area (Å²) < 4.78 is 4.98. The Morgan fingerprint density at radius 3 is 1.92 bits per heavy atom. The average Bonchev–Trinajstić information content (AvgIpc) is 3.20. The van der Waals surface area contributed by atoms with E-state index in [4.69, 9.17) is 4.42 Å². The highest BCUT2D eigenvalue weighted by Crippen LogP contribution is 2.27. The number of furan rings is 1. The molecular weight excluding hydrogens is 316 g/mol. The van der Waals surface area contributed by atoms with Crippen LogP contribution in [-0.4, -0.2) is 11.8 Å². The topological polar surface area (TPSA) is 71.3 Å². The maximum Gasteiger partial charge on any atom is 0.305 e. The second kappa shape index (κ2) is 7.97. The largest absolute Gasteiger partial charge is 0.459 e. The van der Waals surface area contributed by atoms with E-state index >= 15 is 0 Å². The molecule has 3 rings (SSSR count). The van der Waals surface area contributed by atoms with Crippen LogP contribution in [0.5, 0.6) is 0 Å². The molecular formula is C20H18N2O3. The van der Waals surface area contributed by atoms with Gasteiger partial charge in [0, 0.05) is 12.3 Å². The first-order chi connectivity index (χ1) is 12.2. The number of hydrazine groups is 1. The van der Waals surface area contributed by atoms with Gasteiger partial charge >= 0.3 is 5.91 Å². The number of amides is 2. The lowest BCUT2D eigenvalue weighted by molar-refractivity contribution is -0.122. The minimum absolute atomic E-state index is 0.0945. The molecule has 1 heterocycles. The minimum atomic E-state index is -0.491. The van der Waals surface area contributed by atoms with Crippen molar-refractivity contribution in [1.29, 1.82) is 0 Å². The Labute approximate surface area is 145 Å². The molecule has 1 aromatic heterocycles. The molecule has 0 spiro atoms. The molecule has 0 atom stereocenters. The van der Waals surface area contributed by atoms with Gasteiger partial charge < -0.3 is 4.42 Å². The van der Waals surface area contributed by atoms with Gasteiger partial charge in [0.1, 0.15) is 0 Å². The van der Waals surface area contributed by atoms with E-state index in [1.165, 1.54) is 12.3 Å². The van der Waals surface area contributed by atoms with Crippen molar-refractivity contribution in [2.45, 2.75) is 12.3 Å². The number of carbonyl (C=O) groups is 2. The van der Waals surface area contributed by atoms with Crippen LogP contribution in [0.25, 0.3) is 0 Å². The van der Waals surface area contributed by atoms with Crippen molar-refractivity contribution >= 4 is 11.8 Å². The lowest BCUT2D eigenvalue weighted by Gasteiger charge is -2.18. The van der Waals surface area contributed by atoms with Crippen molar-refractivity contribution in [3.63, 3.8) is 0 Å². The standard InChI is InChI=1S/C20H18N2O3/c23-19(21-22-20(24)18-12-7-13-25-18)14-17(15-8-3-1-4-9-15)16-10-5-2-6-11-16/h1-13,17H,14H2,(H,21,23)(H,22,24). The molecule has 2 amide bonds. The predicted octanol–water partition coefficient (Wildman–Crippen LogP) is 3.26. The summed E-state index contributed by atoms with van der Waals surface area (Å²) in [5.41, 5.74) is 6.89. The third-order valence-electron chi connectivity index (χ3n) is 3.85. The van der Waals surface area contributed by atoms with Crippen molar-refractivity contribution < 1.29 is 14.0 Å². The first-order valence-electron chi connectivity index (χ1n) is 7.96. The van der Waals surface area contributed by atoms with Crippen molar-refractivity contribution in [2.75, 3.05) is 0 Å². The van der Waals surface area contributed by atoms with Crippen LogP contribution in [0.1, 0.15) is 34.0 Å². The fourth-order valence-electron chi connectivity index (χ4n) is 2.63. The first kappa shape index (κ1) is 16.5. The smallest absolute Gasteiger partial charge is 0.305 e. The van der Waals surface area contributed by atoms with Gasteiger partial charge in [-0.2, -0.15) is 0 Å². The Hall–Kier alpha value is -3.34. The maximum atomic E-state index is 12.3. The third kappa shape index (κ3) is 4.35. The van der Waals surface area contributed by atoms with Crippen molar-refractivity contribution in [2.24, 2.45) is 0 Å². The molecule has 5 nitrogen and oxygen atoms in total. The molecule has 0 radical (unpaired) electrons. The molecule has 0 saturated heterocycles. The Balaban J connectivity index is 1.68. The molecule has 2 N–H and O–H groups in total. The summed E-state index contributed by atoms with van der Waals surface area (Å²) in [6.45, 7) is 0. The Morgan fingerprint density at radius 2 is 1.40 bits per heavy atom. The maximum absolute atomic E-state index is 12.3. The highest BCUT2D eigenvalue weighted by atomic mass is 16.3. The van der Waals surface area contributed by atoms with Gasteiger partial charge in [-0.25, -0.2) is 0 Å². The summed E-state index contributed by atoms with van der Waals surface area (Å²) in [6, 6.07) is 22.8. The monoisotopic (exact) mass is 334 g/mol. The van der Waals surface area contributed by atoms with Crippen LogP contribution in [0, 0.1) is 0 Å². The van der Waals surface area contributed by atoms with Crippen molar-refractivity contribution in [3.8, 4) is 0 Å². The van der Waals surface area contributed by atoms with Crippen molar-refractivity contribution in [3.05, 3.63) is 95.9 Å². The molecule has 0 fully saturated rings. The molecule has 0 saturated carbocycles. The van der Waals surface area contributed by atoms with Crippen molar-refractivity contribution in [1.82, 2.24) is 10.9 Å². The lowest BCUT2D eigenvalue weighted by atomic mass is 9.88. The van der Waals surface area contributed by atoms with E-state index in [-0.39, 0.29) is 24.0 Å². The van der Waals surface area contributed by atoms with Crippen LogP contribution in [0.15, 0.2) is 83.5 Å². The summed E-state index contributed by atoms with van der Waals surface area (Å²) >= 11 is 0. The lowest BCUT2D eigenvalue weighted by Crippen LogP contribution is -2.42. The zero-order chi connectivity index (χ0) is 17.5. The zero-order valence-electron chi connectivity index (χ0n) is 13.5. The molecule has 5 heteroatoms. The fraction of sp³-hybridized carbons (Fsp3) is 0.100. The number of rotatable bonds is 5. The molecule has 0 aliphatic heterocycles. The van der Waals surface area contributed by atoms with E-state index in [2.05, 4.69) is 10.9 Å². The Kier molecular flexibility index (Phi) is 5.26. The Bertz CT molecular complexity index is 775. The van der Waals surface area contributed by atoms with Gasteiger partial charge in [-0.15, -0.1) is 0 Å². The second-order valence-corrected chi connectivity index (χ2v) is 5.56. The third-order valence-corrected chi connectivity index (χ3v) is 3.85.